The molecular weight excluding hydrogens is 536 g/mol. The minimum atomic E-state index is -0.102. The molecule has 1 saturated heterocycles. The van der Waals surface area contributed by atoms with Gasteiger partial charge in [0.05, 0.1) is 18.4 Å². The minimum absolute atomic E-state index is 0.0165. The molecule has 0 radical (unpaired) electrons. The highest BCUT2D eigenvalue weighted by molar-refractivity contribution is 7.09. The molecular formula is C30H34N8O2S. The number of carbonyl (C=O) groups excluding carboxylic acids is 1. The molecule has 0 aliphatic carbocycles. The van der Waals surface area contributed by atoms with Crippen molar-refractivity contribution >= 4 is 17.2 Å². The Morgan fingerprint density at radius 1 is 1.10 bits per heavy atom. The zero-order valence-electron chi connectivity index (χ0n) is 23.8. The van der Waals surface area contributed by atoms with E-state index in [1.807, 2.05) is 42.3 Å². The first-order valence-electron chi connectivity index (χ1n) is 14.0. The lowest BCUT2D eigenvalue weighted by molar-refractivity contribution is 0.0735. The summed E-state index contributed by atoms with van der Waals surface area (Å²) in [6.07, 6.45) is 6.95. The summed E-state index contributed by atoms with van der Waals surface area (Å²) >= 11 is 1.60. The number of amides is 1. The van der Waals surface area contributed by atoms with E-state index in [1.54, 1.807) is 35.9 Å². The Kier molecular flexibility index (Phi) is 8.93. The number of carbonyl (C=O) groups is 1. The first-order chi connectivity index (χ1) is 20.0. The number of pyridine rings is 1. The van der Waals surface area contributed by atoms with E-state index in [-0.39, 0.29) is 23.8 Å². The molecule has 41 heavy (non-hydrogen) atoms. The van der Waals surface area contributed by atoms with E-state index in [4.69, 9.17) is 4.42 Å². The molecule has 4 aromatic heterocycles. The largest absolute Gasteiger partial charge is 0.419 e. The van der Waals surface area contributed by atoms with E-state index >= 15 is 0 Å². The van der Waals surface area contributed by atoms with Crippen LogP contribution in [0.5, 0.6) is 0 Å². The molecule has 1 aliphatic heterocycles. The maximum absolute atomic E-state index is 13.8. The van der Waals surface area contributed by atoms with E-state index < -0.39 is 0 Å². The lowest BCUT2D eigenvalue weighted by atomic mass is 10.0. The number of hydrogen-bond donors (Lipinski definition) is 0. The van der Waals surface area contributed by atoms with Crippen molar-refractivity contribution in [3.63, 3.8) is 0 Å². The van der Waals surface area contributed by atoms with Crippen molar-refractivity contribution in [3.8, 4) is 17.4 Å². The van der Waals surface area contributed by atoms with Crippen LogP contribution in [0.3, 0.4) is 0 Å². The smallest absolute Gasteiger partial charge is 0.266 e. The molecule has 11 heteroatoms. The van der Waals surface area contributed by atoms with E-state index in [9.17, 15) is 4.79 Å². The monoisotopic (exact) mass is 570 g/mol. The van der Waals surface area contributed by atoms with E-state index in [1.165, 1.54) is 16.8 Å². The molecule has 1 fully saturated rings. The summed E-state index contributed by atoms with van der Waals surface area (Å²) in [6, 6.07) is 13.5. The van der Waals surface area contributed by atoms with Crippen LogP contribution >= 0.6 is 11.3 Å². The summed E-state index contributed by atoms with van der Waals surface area (Å²) in [5, 5.41) is 20.0. The molecule has 0 spiro atoms. The van der Waals surface area contributed by atoms with Gasteiger partial charge in [0.1, 0.15) is 10.7 Å². The second-order valence-electron chi connectivity index (χ2n) is 10.1. The Balaban J connectivity index is 0.00000108. The number of likely N-dealkylation sites (tertiary alicyclic amines) is 1. The number of thiazole rings is 1. The van der Waals surface area contributed by atoms with Crippen LogP contribution in [0.2, 0.25) is 0 Å². The molecule has 5 heterocycles. The number of aryl methyl sites for hydroxylation is 1. The second-order valence-corrected chi connectivity index (χ2v) is 11.0. The highest BCUT2D eigenvalue weighted by Gasteiger charge is 2.33. The molecule has 212 valence electrons. The van der Waals surface area contributed by atoms with E-state index in [0.717, 1.165) is 30.0 Å². The van der Waals surface area contributed by atoms with Gasteiger partial charge in [0.15, 0.2) is 5.82 Å². The van der Waals surface area contributed by atoms with Crippen molar-refractivity contribution in [3.05, 3.63) is 88.0 Å². The number of rotatable bonds is 7. The molecule has 0 unspecified atom stereocenters. The maximum Gasteiger partial charge on any atom is 0.266 e. The predicted octanol–water partition coefficient (Wildman–Crippen LogP) is 6.22. The average molecular weight is 571 g/mol. The number of aromatic nitrogens is 7. The molecule has 1 amide bonds. The van der Waals surface area contributed by atoms with Gasteiger partial charge in [-0.3, -0.25) is 4.79 Å². The maximum atomic E-state index is 13.8. The summed E-state index contributed by atoms with van der Waals surface area (Å²) in [5.41, 5.74) is 3.01. The lowest BCUT2D eigenvalue weighted by Crippen LogP contribution is -2.30. The summed E-state index contributed by atoms with van der Waals surface area (Å²) in [6.45, 7) is 8.93. The Labute approximate surface area is 243 Å². The van der Waals surface area contributed by atoms with Crippen LogP contribution in [0.4, 0.5) is 0 Å². The highest BCUT2D eigenvalue weighted by Crippen LogP contribution is 2.35. The van der Waals surface area contributed by atoms with Gasteiger partial charge >= 0.3 is 0 Å². The van der Waals surface area contributed by atoms with Crippen LogP contribution < -0.4 is 0 Å². The van der Waals surface area contributed by atoms with Gasteiger partial charge in [-0.2, -0.15) is 10.2 Å². The fraction of sp³-hybridized carbons (Fsp3) is 0.367. The topological polar surface area (TPSA) is 116 Å². The molecule has 10 nitrogen and oxygen atoms in total. The fourth-order valence-corrected chi connectivity index (χ4v) is 5.68. The third-order valence-electron chi connectivity index (χ3n) is 6.58. The van der Waals surface area contributed by atoms with Crippen LogP contribution in [-0.2, 0) is 6.42 Å². The molecule has 2 atom stereocenters. The Bertz CT molecular complexity index is 1560. The standard InChI is InChI=1S/C27H26N8O2S.C3H8/c1-17(13-19-7-4-3-5-8-19)24-32-33-25(37-24)21-14-20(15-23(31-21)35-28-10-11-29-35)27(36)34-12-6-9-22(34)26-30-18(2)16-38-26;1-3-2/h3-5,7-8,10-11,14-17,22H,6,9,12-13H2,1-2H3;3H2,1-2H3/t17-,22+;/m0./s1. The zero-order valence-corrected chi connectivity index (χ0v) is 24.6. The Morgan fingerprint density at radius 2 is 1.85 bits per heavy atom. The average Bonchev–Trinajstić information content (AvgIpc) is 3.80. The van der Waals surface area contributed by atoms with E-state index in [2.05, 4.69) is 56.3 Å². The molecule has 0 saturated carbocycles. The van der Waals surface area contributed by atoms with Crippen LogP contribution in [0, 0.1) is 6.92 Å². The Hall–Kier alpha value is -4.25. The van der Waals surface area contributed by atoms with Gasteiger partial charge in [-0.05, 0) is 43.9 Å². The molecule has 5 aromatic rings. The molecule has 0 N–H and O–H groups in total. The number of nitrogens with zero attached hydrogens (tertiary/aromatic N) is 8. The Morgan fingerprint density at radius 3 is 2.56 bits per heavy atom. The summed E-state index contributed by atoms with van der Waals surface area (Å²) in [4.78, 5) is 26.4. The molecule has 1 aromatic carbocycles. The fourth-order valence-electron chi connectivity index (χ4n) is 4.74. The van der Waals surface area contributed by atoms with Gasteiger partial charge in [-0.25, -0.2) is 9.97 Å². The minimum Gasteiger partial charge on any atom is -0.419 e. The number of hydrogen-bond acceptors (Lipinski definition) is 9. The second kappa shape index (κ2) is 12.9. The molecule has 1 aliphatic rings. The molecule has 6 rings (SSSR count). The normalized spacial score (nSPS) is 15.4. The summed E-state index contributed by atoms with van der Waals surface area (Å²) < 4.78 is 6.06. The SMILES string of the molecule is CCC.Cc1csc([C@H]2CCCN2C(=O)c2cc(-c3nnc([C@@H](C)Cc4ccccc4)o3)nc(-n3nccn3)c2)n1. The van der Waals surface area contributed by atoms with Crippen LogP contribution in [0.1, 0.15) is 84.5 Å². The van der Waals surface area contributed by atoms with Crippen molar-refractivity contribution in [2.24, 2.45) is 0 Å². The van der Waals surface area contributed by atoms with Crippen molar-refractivity contribution in [1.29, 1.82) is 0 Å². The van der Waals surface area contributed by atoms with Gasteiger partial charge in [0.25, 0.3) is 11.8 Å². The van der Waals surface area contributed by atoms with Gasteiger partial charge in [0.2, 0.25) is 5.89 Å². The third kappa shape index (κ3) is 6.57. The van der Waals surface area contributed by atoms with Crippen molar-refractivity contribution in [2.45, 2.75) is 65.3 Å². The molecule has 0 bridgehead atoms. The van der Waals surface area contributed by atoms with Crippen molar-refractivity contribution in [2.75, 3.05) is 6.54 Å². The van der Waals surface area contributed by atoms with Crippen LogP contribution in [-0.4, -0.2) is 52.5 Å². The van der Waals surface area contributed by atoms with Crippen LogP contribution in [0.25, 0.3) is 17.4 Å². The predicted molar refractivity (Wildman–Crippen MR) is 157 cm³/mol. The zero-order chi connectivity index (χ0) is 28.8. The van der Waals surface area contributed by atoms with Gasteiger partial charge in [-0.15, -0.1) is 26.3 Å². The van der Waals surface area contributed by atoms with Gasteiger partial charge < -0.3 is 9.32 Å². The quantitative estimate of drug-likeness (QED) is 0.227. The van der Waals surface area contributed by atoms with Crippen molar-refractivity contribution < 1.29 is 9.21 Å². The van der Waals surface area contributed by atoms with Crippen molar-refractivity contribution in [1.82, 2.24) is 40.1 Å². The van der Waals surface area contributed by atoms with Gasteiger partial charge in [0, 0.05) is 29.1 Å². The first-order valence-corrected chi connectivity index (χ1v) is 14.8. The summed E-state index contributed by atoms with van der Waals surface area (Å²) in [5.74, 6) is 1.07. The van der Waals surface area contributed by atoms with Gasteiger partial charge in [-0.1, -0.05) is 57.5 Å². The van der Waals surface area contributed by atoms with Crippen LogP contribution in [0.15, 0.2) is 64.7 Å². The third-order valence-corrected chi connectivity index (χ3v) is 7.65. The van der Waals surface area contributed by atoms with E-state index in [0.29, 0.717) is 29.5 Å². The first kappa shape index (κ1) is 28.3. The lowest BCUT2D eigenvalue weighted by Gasteiger charge is -2.23. The summed E-state index contributed by atoms with van der Waals surface area (Å²) in [7, 11) is 0. The highest BCUT2D eigenvalue weighted by atomic mass is 32.1. The number of benzene rings is 1.